The molecular formula is C21H29N3O. The van der Waals surface area contributed by atoms with Crippen molar-refractivity contribution in [2.75, 3.05) is 33.2 Å². The molecule has 25 heavy (non-hydrogen) atoms. The van der Waals surface area contributed by atoms with Crippen molar-refractivity contribution >= 4 is 10.9 Å². The van der Waals surface area contributed by atoms with Crippen molar-refractivity contribution < 1.29 is 0 Å². The first kappa shape index (κ1) is 16.8. The SMILES string of the molecule is CCN(Cc1cc(=O)n2c3c(cccc13)CCC2)C[C@@H]1CCN(C)C1. The summed E-state index contributed by atoms with van der Waals surface area (Å²) in [4.78, 5) is 17.6. The van der Waals surface area contributed by atoms with Crippen LogP contribution in [0.2, 0.25) is 0 Å². The van der Waals surface area contributed by atoms with Crippen LogP contribution in [0.3, 0.4) is 0 Å². The lowest BCUT2D eigenvalue weighted by atomic mass is 9.98. The van der Waals surface area contributed by atoms with Gasteiger partial charge in [0.05, 0.1) is 5.52 Å². The summed E-state index contributed by atoms with van der Waals surface area (Å²) in [7, 11) is 2.21. The van der Waals surface area contributed by atoms with Crippen LogP contribution >= 0.6 is 0 Å². The van der Waals surface area contributed by atoms with E-state index in [0.717, 1.165) is 44.9 Å². The van der Waals surface area contributed by atoms with E-state index in [4.69, 9.17) is 0 Å². The summed E-state index contributed by atoms with van der Waals surface area (Å²) < 4.78 is 1.99. The Morgan fingerprint density at radius 1 is 1.28 bits per heavy atom. The Balaban J connectivity index is 1.65. The van der Waals surface area contributed by atoms with E-state index in [0.29, 0.717) is 0 Å². The van der Waals surface area contributed by atoms with Crippen molar-refractivity contribution in [1.29, 1.82) is 0 Å². The van der Waals surface area contributed by atoms with Crippen LogP contribution in [0, 0.1) is 5.92 Å². The molecule has 0 amide bonds. The summed E-state index contributed by atoms with van der Waals surface area (Å²) >= 11 is 0. The van der Waals surface area contributed by atoms with Gasteiger partial charge in [-0.05, 0) is 56.4 Å². The molecule has 0 bridgehead atoms. The predicted molar refractivity (Wildman–Crippen MR) is 103 cm³/mol. The van der Waals surface area contributed by atoms with Gasteiger partial charge in [0.1, 0.15) is 0 Å². The van der Waals surface area contributed by atoms with Crippen molar-refractivity contribution in [3.8, 4) is 0 Å². The first-order chi connectivity index (χ1) is 12.2. The summed E-state index contributed by atoms with van der Waals surface area (Å²) in [5.41, 5.74) is 3.90. The fourth-order valence-corrected chi connectivity index (χ4v) is 4.65. The molecule has 3 heterocycles. The molecule has 1 atom stereocenters. The van der Waals surface area contributed by atoms with E-state index in [9.17, 15) is 4.79 Å². The zero-order valence-corrected chi connectivity index (χ0v) is 15.5. The lowest BCUT2D eigenvalue weighted by Gasteiger charge is -2.26. The topological polar surface area (TPSA) is 28.5 Å². The lowest BCUT2D eigenvalue weighted by molar-refractivity contribution is 0.233. The second kappa shape index (κ2) is 6.93. The van der Waals surface area contributed by atoms with Crippen LogP contribution < -0.4 is 5.56 Å². The van der Waals surface area contributed by atoms with Crippen molar-refractivity contribution in [3.63, 3.8) is 0 Å². The minimum Gasteiger partial charge on any atom is -0.308 e. The van der Waals surface area contributed by atoms with Crippen LogP contribution in [0.15, 0.2) is 29.1 Å². The van der Waals surface area contributed by atoms with E-state index in [1.807, 2.05) is 10.6 Å². The number of likely N-dealkylation sites (tertiary alicyclic amines) is 1. The van der Waals surface area contributed by atoms with Crippen LogP contribution in [-0.2, 0) is 19.5 Å². The van der Waals surface area contributed by atoms with Gasteiger partial charge >= 0.3 is 0 Å². The number of hydrogen-bond acceptors (Lipinski definition) is 3. The van der Waals surface area contributed by atoms with Gasteiger partial charge in [-0.25, -0.2) is 0 Å². The maximum atomic E-state index is 12.7. The summed E-state index contributed by atoms with van der Waals surface area (Å²) in [5.74, 6) is 0.756. The van der Waals surface area contributed by atoms with Crippen LogP contribution in [0.5, 0.6) is 0 Å². The average Bonchev–Trinajstić information content (AvgIpc) is 3.03. The molecule has 0 spiro atoms. The molecule has 0 radical (unpaired) electrons. The number of benzene rings is 1. The Morgan fingerprint density at radius 2 is 2.16 bits per heavy atom. The maximum absolute atomic E-state index is 12.7. The first-order valence-corrected chi connectivity index (χ1v) is 9.71. The van der Waals surface area contributed by atoms with Gasteiger partial charge in [0.15, 0.2) is 0 Å². The largest absolute Gasteiger partial charge is 0.308 e. The van der Waals surface area contributed by atoms with Crippen molar-refractivity contribution in [1.82, 2.24) is 14.4 Å². The van der Waals surface area contributed by atoms with Gasteiger partial charge in [0.2, 0.25) is 0 Å². The number of pyridine rings is 1. The summed E-state index contributed by atoms with van der Waals surface area (Å²) in [6.07, 6.45) is 3.45. The third-order valence-electron chi connectivity index (χ3n) is 5.97. The van der Waals surface area contributed by atoms with Crippen LogP contribution in [0.1, 0.15) is 30.9 Å². The number of nitrogens with zero attached hydrogens (tertiary/aromatic N) is 3. The highest BCUT2D eigenvalue weighted by molar-refractivity contribution is 5.86. The van der Waals surface area contributed by atoms with Crippen molar-refractivity contribution in [3.05, 3.63) is 45.7 Å². The Labute approximate surface area is 150 Å². The van der Waals surface area contributed by atoms with E-state index in [2.05, 4.69) is 42.0 Å². The van der Waals surface area contributed by atoms with E-state index >= 15 is 0 Å². The van der Waals surface area contributed by atoms with Gasteiger partial charge in [-0.2, -0.15) is 0 Å². The van der Waals surface area contributed by atoms with Crippen molar-refractivity contribution in [2.45, 2.75) is 39.3 Å². The number of aryl methyl sites for hydroxylation is 2. The highest BCUT2D eigenvalue weighted by atomic mass is 16.1. The van der Waals surface area contributed by atoms with Crippen LogP contribution in [-0.4, -0.2) is 47.6 Å². The average molecular weight is 339 g/mol. The molecule has 4 nitrogen and oxygen atoms in total. The smallest absolute Gasteiger partial charge is 0.251 e. The number of aromatic nitrogens is 1. The number of hydrogen-bond donors (Lipinski definition) is 0. The van der Waals surface area contributed by atoms with E-state index in [1.54, 1.807) is 0 Å². The summed E-state index contributed by atoms with van der Waals surface area (Å²) in [5, 5.41) is 1.28. The van der Waals surface area contributed by atoms with Gasteiger partial charge in [0, 0.05) is 37.6 Å². The Bertz CT molecular complexity index is 826. The Kier molecular flexibility index (Phi) is 4.65. The molecule has 2 aromatic rings. The molecule has 4 rings (SSSR count). The highest BCUT2D eigenvalue weighted by Gasteiger charge is 2.22. The molecule has 4 heteroatoms. The fraction of sp³-hybridized carbons (Fsp3) is 0.571. The standard InChI is InChI=1S/C21H29N3O/c1-3-23(14-16-9-11-22(2)13-16)15-18-12-20(25)24-10-5-7-17-6-4-8-19(18)21(17)24/h4,6,8,12,16H,3,5,7,9-11,13-15H2,1-2H3/t16-/m1/s1. The minimum absolute atomic E-state index is 0.173. The zero-order valence-electron chi connectivity index (χ0n) is 15.5. The Hall–Kier alpha value is -1.65. The minimum atomic E-state index is 0.173. The molecule has 1 fully saturated rings. The monoisotopic (exact) mass is 339 g/mol. The van der Waals surface area contributed by atoms with Gasteiger partial charge in [-0.1, -0.05) is 25.1 Å². The van der Waals surface area contributed by atoms with Gasteiger partial charge in [-0.15, -0.1) is 0 Å². The summed E-state index contributed by atoms with van der Waals surface area (Å²) in [6.45, 7) is 8.55. The molecule has 0 unspecified atom stereocenters. The third-order valence-corrected chi connectivity index (χ3v) is 5.97. The van der Waals surface area contributed by atoms with E-state index in [-0.39, 0.29) is 5.56 Å². The normalized spacial score (nSPS) is 20.7. The number of rotatable bonds is 5. The fourth-order valence-electron chi connectivity index (χ4n) is 4.65. The van der Waals surface area contributed by atoms with Gasteiger partial charge in [0.25, 0.3) is 5.56 Å². The quantitative estimate of drug-likeness (QED) is 0.839. The number of para-hydroxylation sites is 1. The first-order valence-electron chi connectivity index (χ1n) is 9.71. The van der Waals surface area contributed by atoms with E-state index < -0.39 is 0 Å². The van der Waals surface area contributed by atoms with E-state index in [1.165, 1.54) is 41.5 Å². The van der Waals surface area contributed by atoms with Crippen molar-refractivity contribution in [2.24, 2.45) is 5.92 Å². The molecule has 2 aliphatic rings. The molecular weight excluding hydrogens is 310 g/mol. The molecule has 1 aromatic carbocycles. The van der Waals surface area contributed by atoms with Crippen LogP contribution in [0.25, 0.3) is 10.9 Å². The van der Waals surface area contributed by atoms with Gasteiger partial charge in [-0.3, -0.25) is 9.69 Å². The molecule has 0 saturated carbocycles. The predicted octanol–water partition coefficient (Wildman–Crippen LogP) is 2.72. The maximum Gasteiger partial charge on any atom is 0.251 e. The van der Waals surface area contributed by atoms with Crippen LogP contribution in [0.4, 0.5) is 0 Å². The molecule has 1 saturated heterocycles. The second-order valence-corrected chi connectivity index (χ2v) is 7.82. The Morgan fingerprint density at radius 3 is 2.92 bits per heavy atom. The zero-order chi connectivity index (χ0) is 17.4. The van der Waals surface area contributed by atoms with Gasteiger partial charge < -0.3 is 9.47 Å². The highest BCUT2D eigenvalue weighted by Crippen LogP contribution is 2.27. The molecule has 0 N–H and O–H groups in total. The summed E-state index contributed by atoms with van der Waals surface area (Å²) in [6, 6.07) is 8.43. The molecule has 0 aliphatic carbocycles. The third kappa shape index (κ3) is 3.25. The molecule has 2 aliphatic heterocycles. The second-order valence-electron chi connectivity index (χ2n) is 7.82. The molecule has 1 aromatic heterocycles. The molecule has 134 valence electrons. The lowest BCUT2D eigenvalue weighted by Crippen LogP contribution is -2.32.